The van der Waals surface area contributed by atoms with Gasteiger partial charge in [0.05, 0.1) is 0 Å². The summed E-state index contributed by atoms with van der Waals surface area (Å²) >= 11 is 0. The van der Waals surface area contributed by atoms with Gasteiger partial charge in [0, 0.05) is 6.08 Å². The molecular formula is C27H34O2. The van der Waals surface area contributed by atoms with E-state index in [4.69, 9.17) is 4.74 Å². The molecule has 3 rings (SSSR count). The van der Waals surface area contributed by atoms with E-state index in [-0.39, 0.29) is 12.1 Å². The van der Waals surface area contributed by atoms with Gasteiger partial charge >= 0.3 is 5.97 Å². The fraction of sp³-hybridized carbons (Fsp3) is 0.444. The number of aryl methyl sites for hydroxylation is 1. The zero-order valence-electron chi connectivity index (χ0n) is 17.7. The molecule has 0 heterocycles. The molecule has 2 heteroatoms. The molecule has 0 atom stereocenters. The summed E-state index contributed by atoms with van der Waals surface area (Å²) < 4.78 is 5.67. The molecule has 2 nitrogen and oxygen atoms in total. The van der Waals surface area contributed by atoms with Gasteiger partial charge in [0.15, 0.2) is 0 Å². The van der Waals surface area contributed by atoms with Gasteiger partial charge in [-0.3, -0.25) is 0 Å². The second kappa shape index (κ2) is 11.6. The molecule has 2 aromatic rings. The van der Waals surface area contributed by atoms with Gasteiger partial charge in [0.1, 0.15) is 6.10 Å². The van der Waals surface area contributed by atoms with Crippen LogP contribution in [0, 0.1) is 0 Å². The van der Waals surface area contributed by atoms with E-state index in [1.54, 1.807) is 6.08 Å². The normalized spacial score (nSPS) is 19.3. The van der Waals surface area contributed by atoms with Gasteiger partial charge in [0.25, 0.3) is 0 Å². The molecule has 0 unspecified atom stereocenters. The molecule has 0 radical (unpaired) electrons. The Bertz CT molecular complexity index is 753. The second-order valence-corrected chi connectivity index (χ2v) is 8.21. The highest BCUT2D eigenvalue weighted by molar-refractivity contribution is 5.87. The first-order chi connectivity index (χ1) is 14.2. The van der Waals surface area contributed by atoms with Gasteiger partial charge in [-0.25, -0.2) is 4.79 Å². The first kappa shape index (κ1) is 21.4. The Balaban J connectivity index is 1.39. The number of hydrogen-bond acceptors (Lipinski definition) is 2. The van der Waals surface area contributed by atoms with E-state index in [0.29, 0.717) is 5.92 Å². The fourth-order valence-electron chi connectivity index (χ4n) is 4.16. The standard InChI is InChI=1S/C27H34O2/c1-2-3-4-6-9-22-12-14-23(15-13-22)16-21-27(28)29-26-19-17-25(18-20-26)24-10-7-5-8-11-24/h5,7-8,10-16,21,25-26H,2-4,6,9,17-20H2,1H3/b21-16+. The number of ether oxygens (including phenoxy) is 1. The molecule has 29 heavy (non-hydrogen) atoms. The molecule has 0 N–H and O–H groups in total. The highest BCUT2D eigenvalue weighted by Crippen LogP contribution is 2.33. The van der Waals surface area contributed by atoms with Crippen LogP contribution in [0.4, 0.5) is 0 Å². The lowest BCUT2D eigenvalue weighted by atomic mass is 9.83. The maximum atomic E-state index is 12.2. The molecule has 0 bridgehead atoms. The second-order valence-electron chi connectivity index (χ2n) is 8.21. The molecule has 2 aromatic carbocycles. The van der Waals surface area contributed by atoms with E-state index in [2.05, 4.69) is 61.5 Å². The van der Waals surface area contributed by atoms with Crippen LogP contribution in [0.5, 0.6) is 0 Å². The van der Waals surface area contributed by atoms with E-state index < -0.39 is 0 Å². The van der Waals surface area contributed by atoms with E-state index in [1.165, 1.54) is 36.8 Å². The lowest BCUT2D eigenvalue weighted by Gasteiger charge is -2.28. The summed E-state index contributed by atoms with van der Waals surface area (Å²) in [6, 6.07) is 19.2. The van der Waals surface area contributed by atoms with Gasteiger partial charge in [-0.2, -0.15) is 0 Å². The Morgan fingerprint density at radius 1 is 0.931 bits per heavy atom. The minimum absolute atomic E-state index is 0.0533. The lowest BCUT2D eigenvalue weighted by molar-refractivity contribution is -0.144. The van der Waals surface area contributed by atoms with Crippen molar-refractivity contribution in [3.8, 4) is 0 Å². The highest BCUT2D eigenvalue weighted by Gasteiger charge is 2.24. The quantitative estimate of drug-likeness (QED) is 0.259. The van der Waals surface area contributed by atoms with Crippen LogP contribution >= 0.6 is 0 Å². The minimum Gasteiger partial charge on any atom is -0.459 e. The number of benzene rings is 2. The van der Waals surface area contributed by atoms with Crippen molar-refractivity contribution < 1.29 is 9.53 Å². The molecule has 0 amide bonds. The zero-order chi connectivity index (χ0) is 20.3. The lowest BCUT2D eigenvalue weighted by Crippen LogP contribution is -2.23. The van der Waals surface area contributed by atoms with Crippen LogP contribution in [0.25, 0.3) is 6.08 Å². The summed E-state index contributed by atoms with van der Waals surface area (Å²) in [5.41, 5.74) is 3.83. The van der Waals surface area contributed by atoms with Gasteiger partial charge in [-0.1, -0.05) is 80.8 Å². The van der Waals surface area contributed by atoms with Crippen LogP contribution in [-0.4, -0.2) is 12.1 Å². The minimum atomic E-state index is -0.225. The molecule has 1 fully saturated rings. The highest BCUT2D eigenvalue weighted by atomic mass is 16.5. The number of unbranched alkanes of at least 4 members (excludes halogenated alkanes) is 3. The molecule has 0 aliphatic heterocycles. The first-order valence-corrected chi connectivity index (χ1v) is 11.3. The fourth-order valence-corrected chi connectivity index (χ4v) is 4.16. The third-order valence-electron chi connectivity index (χ3n) is 5.94. The van der Waals surface area contributed by atoms with Crippen molar-refractivity contribution in [3.05, 3.63) is 77.4 Å². The summed E-state index contributed by atoms with van der Waals surface area (Å²) in [7, 11) is 0. The third kappa shape index (κ3) is 7.20. The van der Waals surface area contributed by atoms with Crippen molar-refractivity contribution in [2.75, 3.05) is 0 Å². The van der Waals surface area contributed by atoms with Crippen molar-refractivity contribution in [2.24, 2.45) is 0 Å². The maximum Gasteiger partial charge on any atom is 0.331 e. The largest absolute Gasteiger partial charge is 0.459 e. The van der Waals surface area contributed by atoms with E-state index in [1.807, 2.05) is 6.08 Å². The van der Waals surface area contributed by atoms with Crippen molar-refractivity contribution in [3.63, 3.8) is 0 Å². The average molecular weight is 391 g/mol. The molecule has 0 spiro atoms. The van der Waals surface area contributed by atoms with Crippen LogP contribution in [0.1, 0.15) is 80.9 Å². The summed E-state index contributed by atoms with van der Waals surface area (Å²) in [4.78, 5) is 12.2. The Hall–Kier alpha value is -2.35. The van der Waals surface area contributed by atoms with Crippen LogP contribution < -0.4 is 0 Å². The summed E-state index contributed by atoms with van der Waals surface area (Å²) in [5.74, 6) is 0.374. The van der Waals surface area contributed by atoms with Gasteiger partial charge in [-0.05, 0) is 67.2 Å². The van der Waals surface area contributed by atoms with Gasteiger partial charge < -0.3 is 4.74 Å². The predicted molar refractivity (Wildman–Crippen MR) is 121 cm³/mol. The Morgan fingerprint density at radius 2 is 1.66 bits per heavy atom. The van der Waals surface area contributed by atoms with E-state index in [0.717, 1.165) is 37.7 Å². The zero-order valence-corrected chi connectivity index (χ0v) is 17.7. The molecule has 154 valence electrons. The maximum absolute atomic E-state index is 12.2. The SMILES string of the molecule is CCCCCCc1ccc(/C=C/C(=O)OC2CCC(c3ccccc3)CC2)cc1. The van der Waals surface area contributed by atoms with Crippen molar-refractivity contribution in [1.29, 1.82) is 0 Å². The summed E-state index contributed by atoms with van der Waals surface area (Å²) in [6.07, 6.45) is 13.8. The molecular weight excluding hydrogens is 356 g/mol. The summed E-state index contributed by atoms with van der Waals surface area (Å²) in [5, 5.41) is 0. The van der Waals surface area contributed by atoms with Crippen LogP contribution in [0.15, 0.2) is 60.7 Å². The number of esters is 1. The molecule has 1 saturated carbocycles. The Labute approximate surface area is 176 Å². The first-order valence-electron chi connectivity index (χ1n) is 11.3. The number of hydrogen-bond donors (Lipinski definition) is 0. The number of rotatable bonds is 9. The molecule has 1 aliphatic rings. The molecule has 0 aromatic heterocycles. The number of carbonyl (C=O) groups is 1. The average Bonchev–Trinajstić information content (AvgIpc) is 2.77. The van der Waals surface area contributed by atoms with Crippen LogP contribution in [0.2, 0.25) is 0 Å². The third-order valence-corrected chi connectivity index (χ3v) is 5.94. The molecule has 1 aliphatic carbocycles. The topological polar surface area (TPSA) is 26.3 Å². The van der Waals surface area contributed by atoms with E-state index in [9.17, 15) is 4.79 Å². The Morgan fingerprint density at radius 3 is 2.34 bits per heavy atom. The van der Waals surface area contributed by atoms with Gasteiger partial charge in [-0.15, -0.1) is 0 Å². The monoisotopic (exact) mass is 390 g/mol. The van der Waals surface area contributed by atoms with Crippen molar-refractivity contribution in [2.45, 2.75) is 76.7 Å². The van der Waals surface area contributed by atoms with Crippen molar-refractivity contribution in [1.82, 2.24) is 0 Å². The van der Waals surface area contributed by atoms with Crippen LogP contribution in [0.3, 0.4) is 0 Å². The van der Waals surface area contributed by atoms with E-state index >= 15 is 0 Å². The summed E-state index contributed by atoms with van der Waals surface area (Å²) in [6.45, 7) is 2.24. The predicted octanol–water partition coefficient (Wildman–Crippen LogP) is 7.09. The van der Waals surface area contributed by atoms with Crippen LogP contribution in [-0.2, 0) is 16.0 Å². The number of carbonyl (C=O) groups excluding carboxylic acids is 1. The van der Waals surface area contributed by atoms with Crippen molar-refractivity contribution >= 4 is 12.0 Å². The Kier molecular flexibility index (Phi) is 8.55. The molecule has 0 saturated heterocycles. The smallest absolute Gasteiger partial charge is 0.331 e. The van der Waals surface area contributed by atoms with Gasteiger partial charge in [0.2, 0.25) is 0 Å².